The largest absolute Gasteiger partial charge is 0.481 e. The van der Waals surface area contributed by atoms with Gasteiger partial charge >= 0.3 is 11.9 Å². The van der Waals surface area contributed by atoms with Crippen LogP contribution in [0.1, 0.15) is 37.8 Å². The summed E-state index contributed by atoms with van der Waals surface area (Å²) in [5.74, 6) is -12.6. The Morgan fingerprint density at radius 2 is 1.11 bits per heavy atom. The summed E-state index contributed by atoms with van der Waals surface area (Å²) in [6.07, 6.45) is 0.651. The van der Waals surface area contributed by atoms with Crippen LogP contribution < -0.4 is 59.7 Å². The smallest absolute Gasteiger partial charge is 0.326 e. The van der Waals surface area contributed by atoms with Crippen LogP contribution >= 0.6 is 12.6 Å². The molecule has 8 atom stereocenters. The first kappa shape index (κ1) is 54.4. The lowest BCUT2D eigenvalue weighted by Gasteiger charge is -2.26. The third kappa shape index (κ3) is 20.2. The summed E-state index contributed by atoms with van der Waals surface area (Å²) >= 11 is 4.10. The van der Waals surface area contributed by atoms with Gasteiger partial charge in [-0.25, -0.2) is 9.78 Å². The number of aliphatic carboxylic acids is 2. The molecule has 1 heterocycles. The minimum absolute atomic E-state index is 0.0990. The molecule has 0 aromatic carbocycles. The summed E-state index contributed by atoms with van der Waals surface area (Å²) in [4.78, 5) is 132. The number of H-pyrrole nitrogens is 1. The molecule has 30 heteroatoms. The molecule has 0 aliphatic carbocycles. The number of guanidine groups is 1. The van der Waals surface area contributed by atoms with Crippen LogP contribution in [-0.4, -0.2) is 181 Å². The molecule has 0 saturated carbocycles. The summed E-state index contributed by atoms with van der Waals surface area (Å²) in [7, 11) is 0. The lowest BCUT2D eigenvalue weighted by Crippen LogP contribution is -2.61. The normalized spacial score (nSPS) is 14.6. The average Bonchev–Trinajstić information content (AvgIpc) is 3.74. The molecule has 0 aliphatic heterocycles. The topological polar surface area (TPSA) is 499 Å². The number of carbonyl (C=O) groups is 10. The number of carbonyl (C=O) groups excluding carboxylic acids is 8. The van der Waals surface area contributed by atoms with Crippen molar-refractivity contribution < 1.29 is 73.5 Å². The second-order valence-corrected chi connectivity index (χ2v) is 13.8. The fourth-order valence-electron chi connectivity index (χ4n) is 5.13. The number of imidazole rings is 1. The number of primary amides is 1. The predicted octanol–water partition coefficient (Wildman–Crippen LogP) is -9.33. The highest BCUT2D eigenvalue weighted by Crippen LogP contribution is 2.06. The maximum absolute atomic E-state index is 13.5. The molecule has 8 amide bonds. The van der Waals surface area contributed by atoms with Crippen LogP contribution in [0.2, 0.25) is 0 Å². The molecule has 0 aliphatic rings. The van der Waals surface area contributed by atoms with Crippen molar-refractivity contribution in [3.05, 3.63) is 18.2 Å². The van der Waals surface area contributed by atoms with Gasteiger partial charge in [-0.15, -0.1) is 0 Å². The van der Waals surface area contributed by atoms with Crippen LogP contribution in [0.15, 0.2) is 12.5 Å². The summed E-state index contributed by atoms with van der Waals surface area (Å²) < 4.78 is 0. The summed E-state index contributed by atoms with van der Waals surface area (Å²) in [5, 5.41) is 72.7. The van der Waals surface area contributed by atoms with Crippen molar-refractivity contribution in [1.29, 1.82) is 5.41 Å². The van der Waals surface area contributed by atoms with Gasteiger partial charge < -0.3 is 90.3 Å². The SMILES string of the molecule is N=C(N)NCCC[C@H](NC(=O)[C@H](Cc1c[nH]cn1)NC(=O)[C@H](CS)NC(=O)[C@H](CCC(N)=O)NC(=O)[C@H](CO)NC(=O)[C@H](CO)NC(=O)[C@H](CO)NC(=O)[C@@H](N)CC(=O)O)C(=O)O. The quantitative estimate of drug-likeness (QED) is 0.0147. The Kier molecular flexibility index (Phi) is 24.2. The second kappa shape index (κ2) is 28.1. The van der Waals surface area contributed by atoms with Gasteiger partial charge in [0.1, 0.15) is 42.3 Å². The highest BCUT2D eigenvalue weighted by molar-refractivity contribution is 7.80. The summed E-state index contributed by atoms with van der Waals surface area (Å²) in [5.41, 5.74) is 16.2. The maximum atomic E-state index is 13.5. The molecule has 352 valence electrons. The number of aromatic amines is 1. The van der Waals surface area contributed by atoms with Crippen LogP contribution in [-0.2, 0) is 54.4 Å². The number of rotatable bonds is 30. The molecule has 0 fully saturated rings. The van der Waals surface area contributed by atoms with Crippen molar-refractivity contribution >= 4 is 77.8 Å². The van der Waals surface area contributed by atoms with Gasteiger partial charge in [0.25, 0.3) is 0 Å². The van der Waals surface area contributed by atoms with Gasteiger partial charge in [-0.1, -0.05) is 0 Å². The molecule has 0 spiro atoms. The van der Waals surface area contributed by atoms with E-state index in [1.54, 1.807) is 0 Å². The van der Waals surface area contributed by atoms with Crippen molar-refractivity contribution in [2.75, 3.05) is 32.1 Å². The van der Waals surface area contributed by atoms with E-state index in [9.17, 15) is 68.4 Å². The van der Waals surface area contributed by atoms with Gasteiger partial charge in [-0.3, -0.25) is 48.6 Å². The molecule has 0 saturated heterocycles. The van der Waals surface area contributed by atoms with Gasteiger partial charge in [0.05, 0.1) is 44.3 Å². The summed E-state index contributed by atoms with van der Waals surface area (Å²) in [6, 6.07) is -13.4. The number of amides is 8. The molecule has 63 heavy (non-hydrogen) atoms. The third-order valence-electron chi connectivity index (χ3n) is 8.51. The van der Waals surface area contributed by atoms with E-state index in [1.165, 1.54) is 12.5 Å². The lowest BCUT2D eigenvalue weighted by atomic mass is 10.1. The number of aliphatic hydroxyl groups is 3. The molecular weight excluding hydrogens is 865 g/mol. The molecule has 1 aromatic rings. The van der Waals surface area contributed by atoms with E-state index in [2.05, 4.69) is 49.2 Å². The lowest BCUT2D eigenvalue weighted by molar-refractivity contribution is -0.142. The zero-order valence-corrected chi connectivity index (χ0v) is 34.4. The molecule has 0 unspecified atom stereocenters. The fourth-order valence-corrected chi connectivity index (χ4v) is 5.39. The van der Waals surface area contributed by atoms with Crippen molar-refractivity contribution in [1.82, 2.24) is 52.5 Å². The Labute approximate surface area is 363 Å². The average molecular weight is 919 g/mol. The van der Waals surface area contributed by atoms with Crippen LogP contribution in [0, 0.1) is 5.41 Å². The number of hydrogen-bond acceptors (Lipinski definition) is 17. The molecule has 21 N–H and O–H groups in total. The molecule has 0 radical (unpaired) electrons. The Balaban J connectivity index is 3.14. The number of nitrogens with one attached hydrogen (secondary N) is 10. The van der Waals surface area contributed by atoms with Crippen LogP contribution in [0.4, 0.5) is 0 Å². The first-order valence-corrected chi connectivity index (χ1v) is 19.4. The first-order chi connectivity index (χ1) is 29.7. The molecule has 1 aromatic heterocycles. The minimum atomic E-state index is -1.90. The highest BCUT2D eigenvalue weighted by atomic mass is 32.1. The number of aromatic nitrogens is 2. The van der Waals surface area contributed by atoms with Crippen molar-refractivity contribution in [3.8, 4) is 0 Å². The number of carboxylic acid groups (broad SMARTS) is 2. The standard InChI is InChI=1S/C33H54N14O15S/c34-15(7-24(52)53)25(54)44-19(9-48)29(58)46-21(11-50)30(59)45-20(10-49)28(57)41-16(3-4-23(35)51)26(55)47-22(12-63)31(60)43-18(6-14-8-38-13-40-14)27(56)42-17(32(61)62)2-1-5-39-33(36)37/h8,13,15-22,48-50,63H,1-7,9-12,34H2,(H2,35,51)(H,38,40)(H,41,57)(H,42,56)(H,43,60)(H,44,54)(H,45,59)(H,46,58)(H,47,55)(H,52,53)(H,61,62)(H4,36,37,39)/t15-,16-,17-,18-,19-,20-,21-,22-/m0/s1. The van der Waals surface area contributed by atoms with Gasteiger partial charge in [0, 0.05) is 31.3 Å². The molecule has 1 rings (SSSR count). The van der Waals surface area contributed by atoms with Crippen molar-refractivity contribution in [2.45, 2.75) is 86.9 Å². The van der Waals surface area contributed by atoms with Gasteiger partial charge in [0.2, 0.25) is 47.3 Å². The number of carboxylic acids is 2. The first-order valence-electron chi connectivity index (χ1n) is 18.8. The number of aliphatic hydroxyl groups excluding tert-OH is 3. The van der Waals surface area contributed by atoms with Crippen molar-refractivity contribution in [2.24, 2.45) is 17.2 Å². The van der Waals surface area contributed by atoms with E-state index >= 15 is 0 Å². The van der Waals surface area contributed by atoms with E-state index in [4.69, 9.17) is 27.7 Å². The highest BCUT2D eigenvalue weighted by Gasteiger charge is 2.34. The van der Waals surface area contributed by atoms with E-state index in [-0.39, 0.29) is 37.5 Å². The fraction of sp³-hybridized carbons (Fsp3) is 0.576. The Morgan fingerprint density at radius 1 is 0.667 bits per heavy atom. The van der Waals surface area contributed by atoms with E-state index in [1.807, 2.05) is 16.0 Å². The molecule has 0 bridgehead atoms. The van der Waals surface area contributed by atoms with Crippen molar-refractivity contribution in [3.63, 3.8) is 0 Å². The molecular formula is C33H54N14O15S. The number of hydrogen-bond donors (Lipinski definition) is 19. The number of nitrogens with zero attached hydrogens (tertiary/aromatic N) is 1. The molecule has 29 nitrogen and oxygen atoms in total. The maximum Gasteiger partial charge on any atom is 0.326 e. The minimum Gasteiger partial charge on any atom is -0.481 e. The zero-order chi connectivity index (χ0) is 47.8. The van der Waals surface area contributed by atoms with Crippen LogP contribution in [0.25, 0.3) is 0 Å². The predicted molar refractivity (Wildman–Crippen MR) is 216 cm³/mol. The van der Waals surface area contributed by atoms with Crippen LogP contribution in [0.5, 0.6) is 0 Å². The van der Waals surface area contributed by atoms with E-state index < -0.39 is 152 Å². The van der Waals surface area contributed by atoms with Gasteiger partial charge in [-0.2, -0.15) is 12.6 Å². The van der Waals surface area contributed by atoms with Gasteiger partial charge in [-0.05, 0) is 19.3 Å². The van der Waals surface area contributed by atoms with E-state index in [0.717, 1.165) is 0 Å². The Hall–Kier alpha value is -6.63. The summed E-state index contributed by atoms with van der Waals surface area (Å²) in [6.45, 7) is -3.23. The monoisotopic (exact) mass is 918 g/mol. The van der Waals surface area contributed by atoms with Crippen LogP contribution in [0.3, 0.4) is 0 Å². The zero-order valence-electron chi connectivity index (χ0n) is 33.5. The third-order valence-corrected chi connectivity index (χ3v) is 8.87. The van der Waals surface area contributed by atoms with E-state index in [0.29, 0.717) is 0 Å². The Morgan fingerprint density at radius 3 is 1.56 bits per heavy atom. The van der Waals surface area contributed by atoms with Gasteiger partial charge in [0.15, 0.2) is 5.96 Å². The Bertz CT molecular complexity index is 1770. The number of thiol groups is 1. The number of nitrogens with two attached hydrogens (primary N) is 3. The second-order valence-electron chi connectivity index (χ2n) is 13.5.